The van der Waals surface area contributed by atoms with Crippen LogP contribution in [-0.2, 0) is 0 Å². The van der Waals surface area contributed by atoms with Crippen molar-refractivity contribution in [3.8, 4) is 0 Å². The first-order valence-corrected chi connectivity index (χ1v) is 8.41. The van der Waals surface area contributed by atoms with Crippen LogP contribution in [0.1, 0.15) is 35.6 Å². The van der Waals surface area contributed by atoms with Crippen molar-refractivity contribution in [3.63, 3.8) is 0 Å². The molecule has 2 aliphatic rings. The Morgan fingerprint density at radius 2 is 1.81 bits per heavy atom. The summed E-state index contributed by atoms with van der Waals surface area (Å²) in [6.45, 7) is 11.1. The zero-order valence-corrected chi connectivity index (χ0v) is 13.5. The fourth-order valence-electron chi connectivity index (χ4n) is 3.39. The van der Waals surface area contributed by atoms with E-state index in [9.17, 15) is 0 Å². The predicted molar refractivity (Wildman–Crippen MR) is 88.4 cm³/mol. The van der Waals surface area contributed by atoms with Crippen molar-refractivity contribution in [2.45, 2.75) is 32.7 Å². The molecule has 1 aromatic carbocycles. The largest absolute Gasteiger partial charge is 0.329 e. The van der Waals surface area contributed by atoms with Crippen LogP contribution in [-0.4, -0.2) is 49.1 Å². The normalized spacial score (nSPS) is 22.4. The smallest absolute Gasteiger partial charge is 0.0471 e. The van der Waals surface area contributed by atoms with Gasteiger partial charge in [-0.15, -0.1) is 0 Å². The summed E-state index contributed by atoms with van der Waals surface area (Å²) in [5, 5.41) is 0. The number of nitrogens with zero attached hydrogens (tertiary/aromatic N) is 2. The van der Waals surface area contributed by atoms with Crippen LogP contribution in [0.15, 0.2) is 18.2 Å². The minimum Gasteiger partial charge on any atom is -0.329 e. The summed E-state index contributed by atoms with van der Waals surface area (Å²) in [6, 6.07) is 7.20. The zero-order chi connectivity index (χ0) is 14.8. The maximum absolute atomic E-state index is 6.09. The molecule has 1 unspecified atom stereocenters. The van der Waals surface area contributed by atoms with E-state index in [0.717, 1.165) is 19.0 Å². The summed E-state index contributed by atoms with van der Waals surface area (Å²) in [4.78, 5) is 5.22. The number of aryl methyl sites for hydroxylation is 2. The lowest BCUT2D eigenvalue weighted by Crippen LogP contribution is -2.49. The van der Waals surface area contributed by atoms with E-state index in [4.69, 9.17) is 5.73 Å². The topological polar surface area (TPSA) is 32.5 Å². The molecule has 1 saturated carbocycles. The Labute approximate surface area is 129 Å². The minimum atomic E-state index is 0.382. The lowest BCUT2D eigenvalue weighted by Gasteiger charge is -2.39. The van der Waals surface area contributed by atoms with Crippen molar-refractivity contribution in [1.82, 2.24) is 9.80 Å². The first-order valence-electron chi connectivity index (χ1n) is 8.41. The van der Waals surface area contributed by atoms with Crippen LogP contribution in [0, 0.1) is 19.8 Å². The van der Waals surface area contributed by atoms with Crippen LogP contribution in [0.5, 0.6) is 0 Å². The van der Waals surface area contributed by atoms with E-state index in [2.05, 4.69) is 41.8 Å². The monoisotopic (exact) mass is 287 g/mol. The maximum atomic E-state index is 6.09. The Kier molecular flexibility index (Phi) is 4.63. The van der Waals surface area contributed by atoms with Crippen molar-refractivity contribution in [3.05, 3.63) is 34.9 Å². The molecule has 21 heavy (non-hydrogen) atoms. The van der Waals surface area contributed by atoms with Crippen LogP contribution < -0.4 is 5.73 Å². The highest BCUT2D eigenvalue weighted by Gasteiger charge is 2.28. The van der Waals surface area contributed by atoms with Gasteiger partial charge in [-0.25, -0.2) is 0 Å². The second kappa shape index (κ2) is 6.47. The molecular formula is C18H29N3. The Morgan fingerprint density at radius 3 is 2.38 bits per heavy atom. The number of nitrogens with two attached hydrogens (primary N) is 1. The first kappa shape index (κ1) is 15.0. The molecule has 1 saturated heterocycles. The van der Waals surface area contributed by atoms with Crippen molar-refractivity contribution in [2.24, 2.45) is 11.7 Å². The van der Waals surface area contributed by atoms with Gasteiger partial charge < -0.3 is 10.6 Å². The van der Waals surface area contributed by atoms with Gasteiger partial charge in [0.05, 0.1) is 0 Å². The fraction of sp³-hybridized carbons (Fsp3) is 0.667. The molecule has 116 valence electrons. The van der Waals surface area contributed by atoms with Crippen molar-refractivity contribution in [2.75, 3.05) is 39.3 Å². The van der Waals surface area contributed by atoms with Gasteiger partial charge in [0, 0.05) is 45.3 Å². The van der Waals surface area contributed by atoms with E-state index in [0.29, 0.717) is 12.6 Å². The Balaban J connectivity index is 1.62. The van der Waals surface area contributed by atoms with Gasteiger partial charge in [-0.05, 0) is 49.3 Å². The van der Waals surface area contributed by atoms with E-state index >= 15 is 0 Å². The molecule has 3 nitrogen and oxygen atoms in total. The molecule has 1 atom stereocenters. The standard InChI is InChI=1S/C18H29N3/c1-14-3-6-17(11-15(14)2)18(12-19)21-9-7-20(8-10-21)13-16-4-5-16/h3,6,11,16,18H,4-5,7-10,12-13,19H2,1-2H3. The van der Waals surface area contributed by atoms with Gasteiger partial charge in [0.25, 0.3) is 0 Å². The molecule has 0 amide bonds. The fourth-order valence-corrected chi connectivity index (χ4v) is 3.39. The molecule has 0 bridgehead atoms. The highest BCUT2D eigenvalue weighted by Crippen LogP contribution is 2.30. The molecule has 0 aromatic heterocycles. The number of benzene rings is 1. The summed E-state index contributed by atoms with van der Waals surface area (Å²) in [7, 11) is 0. The first-order chi connectivity index (χ1) is 10.2. The average molecular weight is 287 g/mol. The summed E-state index contributed by atoms with van der Waals surface area (Å²) in [6.07, 6.45) is 2.91. The van der Waals surface area contributed by atoms with E-state index < -0.39 is 0 Å². The highest BCUT2D eigenvalue weighted by molar-refractivity contribution is 5.32. The summed E-state index contributed by atoms with van der Waals surface area (Å²) in [5.41, 5.74) is 10.2. The van der Waals surface area contributed by atoms with Gasteiger partial charge in [-0.2, -0.15) is 0 Å². The molecule has 2 N–H and O–H groups in total. The van der Waals surface area contributed by atoms with Gasteiger partial charge in [0.15, 0.2) is 0 Å². The third kappa shape index (κ3) is 3.65. The summed E-state index contributed by atoms with van der Waals surface area (Å²) >= 11 is 0. The Morgan fingerprint density at radius 1 is 1.10 bits per heavy atom. The second-order valence-electron chi connectivity index (χ2n) is 6.88. The maximum Gasteiger partial charge on any atom is 0.0471 e. The van der Waals surface area contributed by atoms with Crippen LogP contribution in [0.3, 0.4) is 0 Å². The van der Waals surface area contributed by atoms with Gasteiger partial charge in [0.2, 0.25) is 0 Å². The predicted octanol–water partition coefficient (Wildman–Crippen LogP) is 2.33. The van der Waals surface area contributed by atoms with E-state index in [-0.39, 0.29) is 0 Å². The molecule has 0 radical (unpaired) electrons. The van der Waals surface area contributed by atoms with Crippen LogP contribution >= 0.6 is 0 Å². The van der Waals surface area contributed by atoms with E-state index in [1.807, 2.05) is 0 Å². The molecular weight excluding hydrogens is 258 g/mol. The van der Waals surface area contributed by atoms with Gasteiger partial charge in [0.1, 0.15) is 0 Å². The number of hydrogen-bond acceptors (Lipinski definition) is 3. The van der Waals surface area contributed by atoms with Gasteiger partial charge >= 0.3 is 0 Å². The molecule has 2 fully saturated rings. The van der Waals surface area contributed by atoms with E-state index in [1.165, 1.54) is 49.2 Å². The molecule has 1 heterocycles. The lowest BCUT2D eigenvalue weighted by atomic mass is 9.99. The molecule has 1 aliphatic carbocycles. The zero-order valence-electron chi connectivity index (χ0n) is 13.5. The van der Waals surface area contributed by atoms with Crippen LogP contribution in [0.4, 0.5) is 0 Å². The number of hydrogen-bond donors (Lipinski definition) is 1. The second-order valence-corrected chi connectivity index (χ2v) is 6.88. The van der Waals surface area contributed by atoms with Crippen LogP contribution in [0.25, 0.3) is 0 Å². The molecule has 3 heteroatoms. The minimum absolute atomic E-state index is 0.382. The number of rotatable bonds is 5. The molecule has 0 spiro atoms. The summed E-state index contributed by atoms with van der Waals surface area (Å²) in [5.74, 6) is 1.00. The Hall–Kier alpha value is -0.900. The molecule has 3 rings (SSSR count). The SMILES string of the molecule is Cc1ccc(C(CN)N2CCN(CC3CC3)CC2)cc1C. The van der Waals surface area contributed by atoms with Crippen molar-refractivity contribution >= 4 is 0 Å². The van der Waals surface area contributed by atoms with Crippen LogP contribution in [0.2, 0.25) is 0 Å². The Bertz CT molecular complexity index is 473. The molecule has 1 aliphatic heterocycles. The van der Waals surface area contributed by atoms with Gasteiger partial charge in [-0.1, -0.05) is 18.2 Å². The third-order valence-corrected chi connectivity index (χ3v) is 5.20. The average Bonchev–Trinajstić information content (AvgIpc) is 3.29. The third-order valence-electron chi connectivity index (χ3n) is 5.20. The van der Waals surface area contributed by atoms with Crippen molar-refractivity contribution < 1.29 is 0 Å². The number of piperazine rings is 1. The van der Waals surface area contributed by atoms with Gasteiger partial charge in [-0.3, -0.25) is 4.90 Å². The lowest BCUT2D eigenvalue weighted by molar-refractivity contribution is 0.0955. The van der Waals surface area contributed by atoms with E-state index in [1.54, 1.807) is 0 Å². The summed E-state index contributed by atoms with van der Waals surface area (Å²) < 4.78 is 0. The van der Waals surface area contributed by atoms with Crippen molar-refractivity contribution in [1.29, 1.82) is 0 Å². The molecule has 1 aromatic rings. The highest BCUT2D eigenvalue weighted by atomic mass is 15.3. The quantitative estimate of drug-likeness (QED) is 0.902.